The van der Waals surface area contributed by atoms with E-state index in [0.717, 1.165) is 29.9 Å². The Morgan fingerprint density at radius 1 is 1.28 bits per heavy atom. The number of benzene rings is 1. The Kier molecular flexibility index (Phi) is 3.77. The van der Waals surface area contributed by atoms with Gasteiger partial charge >= 0.3 is 5.97 Å². The Labute approximate surface area is 106 Å². The number of carbonyl (C=O) groups is 1. The largest absolute Gasteiger partial charge is 0.481 e. The maximum Gasteiger partial charge on any atom is 0.307 e. The van der Waals surface area contributed by atoms with Crippen LogP contribution in [-0.4, -0.2) is 20.6 Å². The van der Waals surface area contributed by atoms with Crippen LogP contribution in [0.2, 0.25) is 0 Å². The Morgan fingerprint density at radius 3 is 2.56 bits per heavy atom. The molecule has 2 rings (SSSR count). The van der Waals surface area contributed by atoms with Crippen LogP contribution in [0.5, 0.6) is 0 Å². The van der Waals surface area contributed by atoms with E-state index in [9.17, 15) is 4.79 Å². The Balaban J connectivity index is 2.08. The van der Waals surface area contributed by atoms with E-state index in [1.807, 2.05) is 30.5 Å². The zero-order valence-electron chi connectivity index (χ0n) is 10.3. The summed E-state index contributed by atoms with van der Waals surface area (Å²) in [7, 11) is 0. The second-order valence-electron chi connectivity index (χ2n) is 4.21. The van der Waals surface area contributed by atoms with Crippen molar-refractivity contribution in [1.29, 1.82) is 0 Å². The minimum atomic E-state index is -0.800. The second-order valence-corrected chi connectivity index (χ2v) is 4.21. The molecule has 0 aliphatic rings. The fourth-order valence-electron chi connectivity index (χ4n) is 1.93. The van der Waals surface area contributed by atoms with Crippen molar-refractivity contribution in [2.75, 3.05) is 0 Å². The molecule has 0 spiro atoms. The van der Waals surface area contributed by atoms with Crippen molar-refractivity contribution in [3.05, 3.63) is 53.6 Å². The number of aliphatic carboxylic acids is 1. The molecular formula is C14H16N2O2. The van der Waals surface area contributed by atoms with Crippen LogP contribution in [0.3, 0.4) is 0 Å². The first kappa shape index (κ1) is 12.4. The van der Waals surface area contributed by atoms with E-state index < -0.39 is 5.97 Å². The molecule has 0 unspecified atom stereocenters. The van der Waals surface area contributed by atoms with Crippen LogP contribution in [0.1, 0.15) is 23.9 Å². The number of imidazole rings is 1. The first-order valence-corrected chi connectivity index (χ1v) is 5.98. The summed E-state index contributed by atoms with van der Waals surface area (Å²) < 4.78 is 2.10. The van der Waals surface area contributed by atoms with Crippen LogP contribution in [-0.2, 0) is 24.2 Å². The highest BCUT2D eigenvalue weighted by molar-refractivity contribution is 5.70. The standard InChI is InChI=1S/C14H16N2O2/c1-2-13-15-7-8-16(13)10-12-5-3-11(4-6-12)9-14(17)18/h3-8H,2,9-10H2,1H3,(H,17,18). The first-order chi connectivity index (χ1) is 8.69. The number of aryl methyl sites for hydroxylation is 1. The number of carboxylic acids is 1. The number of hydrogen-bond donors (Lipinski definition) is 1. The molecule has 2 aromatic rings. The van der Waals surface area contributed by atoms with Crippen molar-refractivity contribution in [3.63, 3.8) is 0 Å². The van der Waals surface area contributed by atoms with Crippen LogP contribution < -0.4 is 0 Å². The van der Waals surface area contributed by atoms with Gasteiger partial charge in [0.1, 0.15) is 5.82 Å². The summed E-state index contributed by atoms with van der Waals surface area (Å²) in [5, 5.41) is 8.70. The van der Waals surface area contributed by atoms with E-state index in [4.69, 9.17) is 5.11 Å². The maximum absolute atomic E-state index is 10.6. The zero-order valence-corrected chi connectivity index (χ0v) is 10.3. The number of hydrogen-bond acceptors (Lipinski definition) is 2. The average Bonchev–Trinajstić information content (AvgIpc) is 2.78. The fraction of sp³-hybridized carbons (Fsp3) is 0.286. The normalized spacial score (nSPS) is 10.5. The molecule has 4 heteroatoms. The molecule has 18 heavy (non-hydrogen) atoms. The molecular weight excluding hydrogens is 228 g/mol. The van der Waals surface area contributed by atoms with Crippen molar-refractivity contribution < 1.29 is 9.90 Å². The molecule has 1 aromatic heterocycles. The number of aromatic nitrogens is 2. The number of rotatable bonds is 5. The summed E-state index contributed by atoms with van der Waals surface area (Å²) in [4.78, 5) is 14.9. The van der Waals surface area contributed by atoms with Gasteiger partial charge in [-0.2, -0.15) is 0 Å². The van der Waals surface area contributed by atoms with Crippen molar-refractivity contribution in [1.82, 2.24) is 9.55 Å². The molecule has 0 radical (unpaired) electrons. The van der Waals surface area contributed by atoms with Gasteiger partial charge in [-0.05, 0) is 11.1 Å². The van der Waals surface area contributed by atoms with Gasteiger partial charge in [-0.1, -0.05) is 31.2 Å². The molecule has 94 valence electrons. The third-order valence-electron chi connectivity index (χ3n) is 2.85. The van der Waals surface area contributed by atoms with E-state index in [-0.39, 0.29) is 6.42 Å². The smallest absolute Gasteiger partial charge is 0.307 e. The molecule has 0 bridgehead atoms. The number of nitrogens with zero attached hydrogens (tertiary/aromatic N) is 2. The van der Waals surface area contributed by atoms with E-state index in [1.165, 1.54) is 0 Å². The van der Waals surface area contributed by atoms with E-state index in [0.29, 0.717) is 0 Å². The molecule has 0 amide bonds. The van der Waals surface area contributed by atoms with E-state index in [1.54, 1.807) is 6.20 Å². The minimum absolute atomic E-state index is 0.0750. The first-order valence-electron chi connectivity index (χ1n) is 5.98. The van der Waals surface area contributed by atoms with Crippen molar-refractivity contribution in [2.45, 2.75) is 26.3 Å². The lowest BCUT2D eigenvalue weighted by Gasteiger charge is -2.07. The van der Waals surface area contributed by atoms with Crippen LogP contribution in [0.4, 0.5) is 0 Å². The summed E-state index contributed by atoms with van der Waals surface area (Å²) in [6.45, 7) is 2.85. The number of carboxylic acid groups (broad SMARTS) is 1. The van der Waals surface area contributed by atoms with Gasteiger partial charge in [-0.25, -0.2) is 4.98 Å². The lowest BCUT2D eigenvalue weighted by Crippen LogP contribution is -2.04. The summed E-state index contributed by atoms with van der Waals surface area (Å²) >= 11 is 0. The van der Waals surface area contributed by atoms with Crippen LogP contribution in [0.25, 0.3) is 0 Å². The SMILES string of the molecule is CCc1nccn1Cc1ccc(CC(=O)O)cc1. The summed E-state index contributed by atoms with van der Waals surface area (Å²) in [6.07, 6.45) is 4.75. The Bertz CT molecular complexity index is 529. The Morgan fingerprint density at radius 2 is 1.94 bits per heavy atom. The zero-order chi connectivity index (χ0) is 13.0. The molecule has 1 aromatic carbocycles. The highest BCUT2D eigenvalue weighted by Crippen LogP contribution is 2.09. The van der Waals surface area contributed by atoms with Gasteiger partial charge in [0.2, 0.25) is 0 Å². The molecule has 0 atom stereocenters. The topological polar surface area (TPSA) is 55.1 Å². The molecule has 4 nitrogen and oxygen atoms in total. The van der Waals surface area contributed by atoms with Crippen molar-refractivity contribution in [2.24, 2.45) is 0 Å². The highest BCUT2D eigenvalue weighted by Gasteiger charge is 2.03. The fourth-order valence-corrected chi connectivity index (χ4v) is 1.93. The summed E-state index contributed by atoms with van der Waals surface area (Å²) in [6, 6.07) is 7.67. The lowest BCUT2D eigenvalue weighted by molar-refractivity contribution is -0.136. The van der Waals surface area contributed by atoms with Crippen LogP contribution in [0, 0.1) is 0 Å². The quantitative estimate of drug-likeness (QED) is 0.876. The highest BCUT2D eigenvalue weighted by atomic mass is 16.4. The lowest BCUT2D eigenvalue weighted by atomic mass is 10.1. The predicted octanol–water partition coefficient (Wildman–Crippen LogP) is 2.12. The molecule has 0 aliphatic heterocycles. The van der Waals surface area contributed by atoms with Gasteiger partial charge in [0, 0.05) is 25.4 Å². The molecule has 0 saturated heterocycles. The summed E-state index contributed by atoms with van der Waals surface area (Å²) in [5.41, 5.74) is 1.98. The van der Waals surface area contributed by atoms with Gasteiger partial charge in [0.25, 0.3) is 0 Å². The van der Waals surface area contributed by atoms with Crippen LogP contribution in [0.15, 0.2) is 36.7 Å². The van der Waals surface area contributed by atoms with Crippen LogP contribution >= 0.6 is 0 Å². The van der Waals surface area contributed by atoms with Gasteiger partial charge in [0.05, 0.1) is 6.42 Å². The van der Waals surface area contributed by atoms with Crippen molar-refractivity contribution >= 4 is 5.97 Å². The third kappa shape index (κ3) is 2.97. The minimum Gasteiger partial charge on any atom is -0.481 e. The van der Waals surface area contributed by atoms with E-state index in [2.05, 4.69) is 16.5 Å². The molecule has 0 fully saturated rings. The monoisotopic (exact) mass is 244 g/mol. The van der Waals surface area contributed by atoms with Gasteiger partial charge in [-0.3, -0.25) is 4.79 Å². The Hall–Kier alpha value is -2.10. The summed E-state index contributed by atoms with van der Waals surface area (Å²) in [5.74, 6) is 0.259. The third-order valence-corrected chi connectivity index (χ3v) is 2.85. The second kappa shape index (κ2) is 5.49. The molecule has 0 saturated carbocycles. The average molecular weight is 244 g/mol. The molecule has 0 aliphatic carbocycles. The van der Waals surface area contributed by atoms with Gasteiger partial charge in [-0.15, -0.1) is 0 Å². The maximum atomic E-state index is 10.6. The van der Waals surface area contributed by atoms with Crippen molar-refractivity contribution in [3.8, 4) is 0 Å². The van der Waals surface area contributed by atoms with Gasteiger partial charge in [0.15, 0.2) is 0 Å². The predicted molar refractivity (Wildman–Crippen MR) is 68.5 cm³/mol. The van der Waals surface area contributed by atoms with Gasteiger partial charge < -0.3 is 9.67 Å². The molecule has 1 heterocycles. The van der Waals surface area contributed by atoms with E-state index >= 15 is 0 Å². The molecule has 1 N–H and O–H groups in total.